The summed E-state index contributed by atoms with van der Waals surface area (Å²) < 4.78 is 12.2. The highest BCUT2D eigenvalue weighted by atomic mass is 16.5. The van der Waals surface area contributed by atoms with Crippen LogP contribution in [-0.4, -0.2) is 55.6 Å². The first-order chi connectivity index (χ1) is 17.2. The number of carbonyl (C=O) groups is 2. The molecule has 7 nitrogen and oxygen atoms in total. The third-order valence-electron chi connectivity index (χ3n) is 6.05. The highest BCUT2D eigenvalue weighted by Crippen LogP contribution is 2.30. The molecule has 2 amide bonds. The normalized spacial score (nSPS) is 17.1. The molecule has 0 aromatic heterocycles. The highest BCUT2D eigenvalue weighted by molar-refractivity contribution is 6.07. The van der Waals surface area contributed by atoms with Crippen molar-refractivity contribution in [2.45, 2.75) is 66.8 Å². The Bertz CT molecular complexity index is 973. The third-order valence-corrected chi connectivity index (χ3v) is 6.05. The third kappa shape index (κ3) is 9.90. The average Bonchev–Trinajstić information content (AvgIpc) is 2.83. The number of piperazine rings is 1. The summed E-state index contributed by atoms with van der Waals surface area (Å²) in [5.41, 5.74) is 3.57. The second kappa shape index (κ2) is 15.1. The van der Waals surface area contributed by atoms with Crippen molar-refractivity contribution < 1.29 is 19.1 Å². The monoisotopic (exact) mass is 497 g/mol. The van der Waals surface area contributed by atoms with E-state index < -0.39 is 6.04 Å². The van der Waals surface area contributed by atoms with Crippen LogP contribution in [0.25, 0.3) is 6.08 Å². The Hall–Kier alpha value is -3.06. The smallest absolute Gasteiger partial charge is 0.268 e. The van der Waals surface area contributed by atoms with Crippen LogP contribution >= 0.6 is 0 Å². The first kappa shape index (κ1) is 29.2. The number of benzene rings is 1. The molecule has 0 bridgehead atoms. The van der Waals surface area contributed by atoms with E-state index in [1.807, 2.05) is 18.2 Å². The van der Waals surface area contributed by atoms with E-state index in [0.29, 0.717) is 24.7 Å². The van der Waals surface area contributed by atoms with Gasteiger partial charge in [0.2, 0.25) is 5.91 Å². The summed E-state index contributed by atoms with van der Waals surface area (Å²) in [4.78, 5) is 26.6. The highest BCUT2D eigenvalue weighted by Gasteiger charge is 2.26. The van der Waals surface area contributed by atoms with Crippen LogP contribution in [0.15, 0.2) is 47.2 Å². The van der Waals surface area contributed by atoms with Crippen molar-refractivity contribution in [3.05, 3.63) is 52.8 Å². The van der Waals surface area contributed by atoms with E-state index in [9.17, 15) is 9.59 Å². The van der Waals surface area contributed by atoms with Crippen molar-refractivity contribution in [1.82, 2.24) is 15.5 Å². The van der Waals surface area contributed by atoms with Crippen molar-refractivity contribution in [3.63, 3.8) is 0 Å². The molecule has 0 spiro atoms. The summed E-state index contributed by atoms with van der Waals surface area (Å²) in [6.45, 7) is 16.3. The SMILES string of the molecule is CCN(CC)CCCOc1cc(/C=C2\NC(=O)[C@H](C)NC2=O)ccc1OC/C=C(\C)CCC=C(C)C. The standard InChI is InChI=1S/C29H43N3O4/c1-7-32(8-2)16-10-17-35-27-20-24(19-25-29(34)30-23(6)28(33)31-25)13-14-26(27)36-18-15-22(5)12-9-11-21(3)4/h11,13-15,19-20,23H,7-10,12,16-18H2,1-6H3,(H,30,34)(H,31,33)/b22-15+,25-19-/t23-/m0/s1. The van der Waals surface area contributed by atoms with Crippen LogP contribution in [0.1, 0.15) is 66.4 Å². The number of allylic oxidation sites excluding steroid dienone is 3. The largest absolute Gasteiger partial charge is 0.490 e. The van der Waals surface area contributed by atoms with Gasteiger partial charge in [-0.2, -0.15) is 0 Å². The topological polar surface area (TPSA) is 79.9 Å². The maximum Gasteiger partial charge on any atom is 0.268 e. The molecule has 1 atom stereocenters. The molecule has 0 aliphatic carbocycles. The number of carbonyl (C=O) groups excluding carboxylic acids is 2. The maximum atomic E-state index is 12.3. The van der Waals surface area contributed by atoms with Crippen molar-refractivity contribution in [2.24, 2.45) is 0 Å². The molecule has 1 aromatic rings. The Balaban J connectivity index is 2.13. The van der Waals surface area contributed by atoms with Crippen molar-refractivity contribution in [1.29, 1.82) is 0 Å². The van der Waals surface area contributed by atoms with Gasteiger partial charge in [0.25, 0.3) is 5.91 Å². The van der Waals surface area contributed by atoms with Gasteiger partial charge in [0, 0.05) is 6.54 Å². The quantitative estimate of drug-likeness (QED) is 0.218. The van der Waals surface area contributed by atoms with E-state index in [-0.39, 0.29) is 17.5 Å². The molecule has 0 unspecified atom stereocenters. The van der Waals surface area contributed by atoms with Crippen LogP contribution in [0.5, 0.6) is 11.5 Å². The molecule has 1 aliphatic heterocycles. The molecule has 1 aliphatic rings. The fourth-order valence-electron chi connectivity index (χ4n) is 3.73. The number of hydrogen-bond acceptors (Lipinski definition) is 5. The number of amides is 2. The predicted octanol–water partition coefficient (Wildman–Crippen LogP) is 4.84. The fourth-order valence-corrected chi connectivity index (χ4v) is 3.73. The van der Waals surface area contributed by atoms with Gasteiger partial charge in [-0.15, -0.1) is 0 Å². The van der Waals surface area contributed by atoms with Crippen LogP contribution < -0.4 is 20.1 Å². The Morgan fingerprint density at radius 1 is 1.06 bits per heavy atom. The lowest BCUT2D eigenvalue weighted by molar-refractivity contribution is -0.130. The van der Waals surface area contributed by atoms with Gasteiger partial charge in [-0.25, -0.2) is 0 Å². The van der Waals surface area contributed by atoms with E-state index in [1.54, 1.807) is 13.0 Å². The van der Waals surface area contributed by atoms with Gasteiger partial charge in [-0.1, -0.05) is 37.1 Å². The minimum absolute atomic E-state index is 0.217. The average molecular weight is 498 g/mol. The van der Waals surface area contributed by atoms with E-state index in [0.717, 1.165) is 44.5 Å². The van der Waals surface area contributed by atoms with Crippen LogP contribution in [0.2, 0.25) is 0 Å². The molecule has 0 saturated carbocycles. The lowest BCUT2D eigenvalue weighted by Crippen LogP contribution is -2.53. The molecule has 7 heteroatoms. The maximum absolute atomic E-state index is 12.3. The molecule has 1 saturated heterocycles. The molecule has 0 radical (unpaired) electrons. The molecule has 2 rings (SSSR count). The fraction of sp³-hybridized carbons (Fsp3) is 0.517. The molecular formula is C29H43N3O4. The molecule has 1 heterocycles. The second-order valence-corrected chi connectivity index (χ2v) is 9.36. The minimum Gasteiger partial charge on any atom is -0.490 e. The van der Waals surface area contributed by atoms with Gasteiger partial charge in [-0.05, 0) is 89.9 Å². The summed E-state index contributed by atoms with van der Waals surface area (Å²) in [6.07, 6.45) is 8.91. The van der Waals surface area contributed by atoms with Crippen molar-refractivity contribution in [2.75, 3.05) is 32.8 Å². The van der Waals surface area contributed by atoms with E-state index in [1.165, 1.54) is 11.1 Å². The number of ether oxygens (including phenoxy) is 2. The Kier molecular flexibility index (Phi) is 12.3. The molecular weight excluding hydrogens is 454 g/mol. The molecule has 36 heavy (non-hydrogen) atoms. The first-order valence-corrected chi connectivity index (χ1v) is 13.0. The lowest BCUT2D eigenvalue weighted by Gasteiger charge is -2.22. The van der Waals surface area contributed by atoms with Crippen LogP contribution in [0.3, 0.4) is 0 Å². The summed E-state index contributed by atoms with van der Waals surface area (Å²) >= 11 is 0. The van der Waals surface area contributed by atoms with E-state index in [4.69, 9.17) is 9.47 Å². The van der Waals surface area contributed by atoms with E-state index >= 15 is 0 Å². The summed E-state index contributed by atoms with van der Waals surface area (Å²) in [5.74, 6) is 0.729. The van der Waals surface area contributed by atoms with Crippen molar-refractivity contribution in [3.8, 4) is 11.5 Å². The van der Waals surface area contributed by atoms with Crippen LogP contribution in [0.4, 0.5) is 0 Å². The molecule has 1 aromatic carbocycles. The van der Waals surface area contributed by atoms with Gasteiger partial charge in [0.05, 0.1) is 6.61 Å². The Morgan fingerprint density at radius 2 is 1.81 bits per heavy atom. The molecule has 1 fully saturated rings. The summed E-state index contributed by atoms with van der Waals surface area (Å²) in [7, 11) is 0. The minimum atomic E-state index is -0.548. The number of nitrogens with one attached hydrogen (secondary N) is 2. The number of hydrogen-bond donors (Lipinski definition) is 2. The zero-order chi connectivity index (χ0) is 26.5. The number of rotatable bonds is 14. The number of nitrogens with zero attached hydrogens (tertiary/aromatic N) is 1. The lowest BCUT2D eigenvalue weighted by atomic mass is 10.1. The summed E-state index contributed by atoms with van der Waals surface area (Å²) in [5, 5.41) is 5.33. The zero-order valence-corrected chi connectivity index (χ0v) is 22.8. The van der Waals surface area contributed by atoms with Gasteiger partial charge in [-0.3, -0.25) is 9.59 Å². The molecule has 198 valence electrons. The van der Waals surface area contributed by atoms with Crippen LogP contribution in [0, 0.1) is 0 Å². The molecule has 2 N–H and O–H groups in total. The Labute approximate surface area is 216 Å². The van der Waals surface area contributed by atoms with Gasteiger partial charge >= 0.3 is 0 Å². The van der Waals surface area contributed by atoms with Crippen LogP contribution in [-0.2, 0) is 9.59 Å². The van der Waals surface area contributed by atoms with E-state index in [2.05, 4.69) is 62.3 Å². The second-order valence-electron chi connectivity index (χ2n) is 9.36. The predicted molar refractivity (Wildman–Crippen MR) is 146 cm³/mol. The van der Waals surface area contributed by atoms with Gasteiger partial charge in [0.15, 0.2) is 11.5 Å². The first-order valence-electron chi connectivity index (χ1n) is 13.0. The Morgan fingerprint density at radius 3 is 2.50 bits per heavy atom. The zero-order valence-electron chi connectivity index (χ0n) is 22.8. The summed E-state index contributed by atoms with van der Waals surface area (Å²) in [6, 6.07) is 5.01. The van der Waals surface area contributed by atoms with Crippen molar-refractivity contribution >= 4 is 17.9 Å². The van der Waals surface area contributed by atoms with Gasteiger partial charge < -0.3 is 25.0 Å². The van der Waals surface area contributed by atoms with Gasteiger partial charge in [0.1, 0.15) is 18.3 Å².